The molecule has 1 saturated heterocycles. The number of nitrogens with zero attached hydrogens (tertiary/aromatic N) is 1. The summed E-state index contributed by atoms with van der Waals surface area (Å²) in [4.78, 5) is 27.6. The van der Waals surface area contributed by atoms with Crippen molar-refractivity contribution >= 4 is 17.6 Å². The summed E-state index contributed by atoms with van der Waals surface area (Å²) in [7, 11) is 0. The number of nitrogens with one attached hydrogen (secondary N) is 3. The van der Waals surface area contributed by atoms with E-state index in [0.29, 0.717) is 18.7 Å². The largest absolute Gasteiger partial charge is 0.353 e. The van der Waals surface area contributed by atoms with Crippen LogP contribution in [0.5, 0.6) is 0 Å². The van der Waals surface area contributed by atoms with Gasteiger partial charge in [0, 0.05) is 29.5 Å². The average Bonchev–Trinajstić information content (AvgIpc) is 3.30. The number of carbonyl (C=O) groups excluding carboxylic acids is 2. The van der Waals surface area contributed by atoms with Crippen molar-refractivity contribution in [3.8, 4) is 0 Å². The van der Waals surface area contributed by atoms with Crippen LogP contribution in [0.3, 0.4) is 0 Å². The number of aryl methyl sites for hydroxylation is 1. The van der Waals surface area contributed by atoms with E-state index in [1.165, 1.54) is 12.8 Å². The van der Waals surface area contributed by atoms with Crippen molar-refractivity contribution in [3.63, 3.8) is 0 Å². The minimum Gasteiger partial charge on any atom is -0.353 e. The van der Waals surface area contributed by atoms with E-state index in [1.54, 1.807) is 0 Å². The molecule has 6 heteroatoms. The Kier molecular flexibility index (Phi) is 10.6. The Morgan fingerprint density at radius 1 is 1.00 bits per heavy atom. The van der Waals surface area contributed by atoms with E-state index in [9.17, 15) is 9.59 Å². The zero-order valence-corrected chi connectivity index (χ0v) is 19.0. The molecule has 1 fully saturated rings. The number of carbonyl (C=O) groups is 2. The molecular weight excluding hydrogens is 388 g/mol. The molecule has 1 aliphatic rings. The van der Waals surface area contributed by atoms with Crippen molar-refractivity contribution in [1.29, 1.82) is 0 Å². The molecule has 0 aromatic heterocycles. The second-order valence-corrected chi connectivity index (χ2v) is 7.55. The highest BCUT2D eigenvalue weighted by atomic mass is 16.2. The number of hydrogen-bond donors (Lipinski definition) is 3. The molecular formula is C25H42N4O2. The topological polar surface area (TPSA) is 73.5 Å². The van der Waals surface area contributed by atoms with Crippen molar-refractivity contribution < 1.29 is 13.9 Å². The van der Waals surface area contributed by atoms with Crippen molar-refractivity contribution in [3.05, 3.63) is 65.7 Å². The Balaban J connectivity index is 0. The second kappa shape index (κ2) is 13.4. The molecule has 1 unspecified atom stereocenters. The van der Waals surface area contributed by atoms with Gasteiger partial charge in [-0.15, -0.1) is 0 Å². The highest BCUT2D eigenvalue weighted by Crippen LogP contribution is 2.09. The molecule has 2 aromatic carbocycles. The van der Waals surface area contributed by atoms with Crippen molar-refractivity contribution in [2.45, 2.75) is 46.1 Å². The van der Waals surface area contributed by atoms with Gasteiger partial charge in [0.25, 0.3) is 0 Å². The summed E-state index contributed by atoms with van der Waals surface area (Å²) >= 11 is 0. The number of rotatable bonds is 8. The summed E-state index contributed by atoms with van der Waals surface area (Å²) < 4.78 is 0. The fourth-order valence-corrected chi connectivity index (χ4v) is 3.49. The van der Waals surface area contributed by atoms with E-state index >= 15 is 0 Å². The first-order chi connectivity index (χ1) is 15.1. The fourth-order valence-electron chi connectivity index (χ4n) is 3.49. The smallest absolute Gasteiger partial charge is 0.319 e. The number of anilines is 1. The monoisotopic (exact) mass is 430 g/mol. The first kappa shape index (κ1) is 24.4. The SMILES string of the molecule is CC.Cc1ccc(NC(=O)NC(Cc2ccccc2)C(=O)NCCN2CCCC2)cc1.[HH].[HH].[HH]. The zero-order chi connectivity index (χ0) is 22.5. The van der Waals surface area contributed by atoms with Gasteiger partial charge in [-0.1, -0.05) is 61.9 Å². The molecule has 0 aliphatic carbocycles. The van der Waals surface area contributed by atoms with E-state index in [1.807, 2.05) is 75.4 Å². The van der Waals surface area contributed by atoms with Crippen molar-refractivity contribution in [2.75, 3.05) is 31.5 Å². The lowest BCUT2D eigenvalue weighted by atomic mass is 10.1. The summed E-state index contributed by atoms with van der Waals surface area (Å²) in [6.07, 6.45) is 2.90. The van der Waals surface area contributed by atoms with Crippen LogP contribution >= 0.6 is 0 Å². The molecule has 0 saturated carbocycles. The standard InChI is InChI=1S/C23H30N4O2.C2H6.3H2/c1-18-9-11-20(12-10-18)25-23(29)26-21(17-19-7-3-2-4-8-19)22(28)24-13-16-27-14-5-6-15-27;1-2;;;/h2-4,7-12,21H,5-6,13-17H2,1H3,(H,24,28)(H2,25,26,29);1-2H3;3*1H. The van der Waals surface area contributed by atoms with E-state index in [0.717, 1.165) is 30.8 Å². The van der Waals surface area contributed by atoms with E-state index in [4.69, 9.17) is 0 Å². The van der Waals surface area contributed by atoms with Gasteiger partial charge >= 0.3 is 6.03 Å². The molecule has 0 bridgehead atoms. The lowest BCUT2D eigenvalue weighted by molar-refractivity contribution is -0.122. The quantitative estimate of drug-likeness (QED) is 0.568. The number of hydrogen-bond acceptors (Lipinski definition) is 3. The Bertz CT molecular complexity index is 802. The first-order valence-electron chi connectivity index (χ1n) is 11.3. The predicted octanol–water partition coefficient (Wildman–Crippen LogP) is 4.70. The van der Waals surface area contributed by atoms with Crippen LogP contribution in [0.4, 0.5) is 10.5 Å². The molecule has 31 heavy (non-hydrogen) atoms. The Hall–Kier alpha value is -2.86. The minimum absolute atomic E-state index is 0. The van der Waals surface area contributed by atoms with E-state index in [2.05, 4.69) is 20.9 Å². The van der Waals surface area contributed by atoms with Crippen LogP contribution in [0.15, 0.2) is 54.6 Å². The summed E-state index contributed by atoms with van der Waals surface area (Å²) in [5.41, 5.74) is 2.82. The van der Waals surface area contributed by atoms with Gasteiger partial charge in [0.2, 0.25) is 5.91 Å². The molecule has 6 nitrogen and oxygen atoms in total. The maximum absolute atomic E-state index is 12.8. The van der Waals surface area contributed by atoms with E-state index in [-0.39, 0.29) is 16.2 Å². The molecule has 0 radical (unpaired) electrons. The molecule has 3 amide bonds. The van der Waals surface area contributed by atoms with Crippen LogP contribution in [0.25, 0.3) is 0 Å². The molecule has 1 atom stereocenters. The normalized spacial score (nSPS) is 14.2. The summed E-state index contributed by atoms with van der Waals surface area (Å²) in [6.45, 7) is 9.62. The summed E-state index contributed by atoms with van der Waals surface area (Å²) in [5, 5.41) is 8.62. The summed E-state index contributed by atoms with van der Waals surface area (Å²) in [6, 6.07) is 16.3. The Morgan fingerprint density at radius 3 is 2.29 bits per heavy atom. The second-order valence-electron chi connectivity index (χ2n) is 7.55. The fraction of sp³-hybridized carbons (Fsp3) is 0.440. The van der Waals surface area contributed by atoms with Crippen molar-refractivity contribution in [1.82, 2.24) is 15.5 Å². The number of urea groups is 1. The van der Waals surface area contributed by atoms with Crippen LogP contribution in [-0.4, -0.2) is 49.1 Å². The van der Waals surface area contributed by atoms with Crippen LogP contribution in [0.1, 0.15) is 42.1 Å². The van der Waals surface area contributed by atoms with Crippen LogP contribution in [0, 0.1) is 6.92 Å². The van der Waals surface area contributed by atoms with Gasteiger partial charge in [-0.25, -0.2) is 4.79 Å². The highest BCUT2D eigenvalue weighted by Gasteiger charge is 2.21. The maximum atomic E-state index is 12.8. The minimum atomic E-state index is -0.638. The molecule has 1 aliphatic heterocycles. The lowest BCUT2D eigenvalue weighted by Crippen LogP contribution is -2.50. The van der Waals surface area contributed by atoms with Crippen molar-refractivity contribution in [2.24, 2.45) is 0 Å². The zero-order valence-electron chi connectivity index (χ0n) is 19.0. The lowest BCUT2D eigenvalue weighted by Gasteiger charge is -2.20. The van der Waals surface area contributed by atoms with Crippen LogP contribution in [0.2, 0.25) is 0 Å². The van der Waals surface area contributed by atoms with Gasteiger partial charge in [-0.05, 0) is 50.6 Å². The third-order valence-electron chi connectivity index (χ3n) is 5.14. The number of benzene rings is 2. The third-order valence-corrected chi connectivity index (χ3v) is 5.14. The van der Waals surface area contributed by atoms with Gasteiger partial charge in [0.1, 0.15) is 6.04 Å². The summed E-state index contributed by atoms with van der Waals surface area (Å²) in [5.74, 6) is -0.160. The highest BCUT2D eigenvalue weighted by molar-refractivity contribution is 5.93. The maximum Gasteiger partial charge on any atom is 0.319 e. The molecule has 1 heterocycles. The van der Waals surface area contributed by atoms with E-state index < -0.39 is 6.04 Å². The van der Waals surface area contributed by atoms with Gasteiger partial charge in [0.15, 0.2) is 0 Å². The molecule has 174 valence electrons. The van der Waals surface area contributed by atoms with Gasteiger partial charge in [-0.2, -0.15) is 0 Å². The van der Waals surface area contributed by atoms with Crippen LogP contribution < -0.4 is 16.0 Å². The van der Waals surface area contributed by atoms with Gasteiger partial charge in [0.05, 0.1) is 0 Å². The van der Waals surface area contributed by atoms with Gasteiger partial charge < -0.3 is 20.9 Å². The third kappa shape index (κ3) is 8.80. The Labute approximate surface area is 190 Å². The first-order valence-corrected chi connectivity index (χ1v) is 11.3. The predicted molar refractivity (Wildman–Crippen MR) is 134 cm³/mol. The van der Waals surface area contributed by atoms with Gasteiger partial charge in [-0.3, -0.25) is 4.79 Å². The average molecular weight is 431 g/mol. The van der Waals surface area contributed by atoms with Crippen LogP contribution in [-0.2, 0) is 11.2 Å². The molecule has 3 rings (SSSR count). The number of amides is 3. The molecule has 0 spiro atoms. The number of likely N-dealkylation sites (tertiary alicyclic amines) is 1. The molecule has 3 N–H and O–H groups in total. The Morgan fingerprint density at radius 2 is 1.65 bits per heavy atom. The molecule has 2 aromatic rings.